The van der Waals surface area contributed by atoms with Gasteiger partial charge in [0, 0.05) is 30.1 Å². The lowest BCUT2D eigenvalue weighted by molar-refractivity contribution is -0.384. The fourth-order valence-electron chi connectivity index (χ4n) is 2.41. The van der Waals surface area contributed by atoms with Gasteiger partial charge in [0.2, 0.25) is 10.0 Å². The highest BCUT2D eigenvalue weighted by Gasteiger charge is 2.23. The number of sulfonamides is 1. The molecule has 0 heterocycles. The molecule has 13 heteroatoms. The largest absolute Gasteiger partial charge is 0.449 e. The number of carbonyl (C=O) groups excluding carboxylic acids is 2. The Bertz CT molecular complexity index is 1090. The van der Waals surface area contributed by atoms with Crippen LogP contribution in [-0.4, -0.2) is 49.6 Å². The number of nitrogens with one attached hydrogen (secondary N) is 2. The number of anilines is 2. The number of non-ortho nitro benzene ring substituents is 1. The number of aliphatic hydroxyl groups excluding tert-OH is 1. The van der Waals surface area contributed by atoms with Crippen molar-refractivity contribution in [1.82, 2.24) is 0 Å². The minimum Gasteiger partial charge on any atom is -0.449 e. The van der Waals surface area contributed by atoms with Crippen molar-refractivity contribution in [3.05, 3.63) is 58.1 Å². The number of nitrogens with zero attached hydrogens (tertiary/aromatic N) is 1. The number of amides is 1. The van der Waals surface area contributed by atoms with Crippen LogP contribution in [0.4, 0.5) is 17.1 Å². The fourth-order valence-corrected chi connectivity index (χ4v) is 2.92. The zero-order chi connectivity index (χ0) is 23.2. The Labute approximate surface area is 177 Å². The first-order valence-corrected chi connectivity index (χ1v) is 10.4. The van der Waals surface area contributed by atoms with Crippen LogP contribution < -0.4 is 15.8 Å². The molecule has 0 aromatic heterocycles. The molecule has 0 bridgehead atoms. The third-order valence-corrected chi connectivity index (χ3v) is 4.89. The maximum Gasteiger partial charge on any atom is 0.341 e. The van der Waals surface area contributed by atoms with Crippen molar-refractivity contribution in [2.75, 3.05) is 23.8 Å². The molecule has 2 aromatic rings. The van der Waals surface area contributed by atoms with Crippen molar-refractivity contribution in [3.8, 4) is 0 Å². The second-order valence-electron chi connectivity index (χ2n) is 6.24. The molecule has 5 N–H and O–H groups in total. The number of aliphatic hydroxyl groups is 1. The van der Waals surface area contributed by atoms with E-state index in [9.17, 15) is 28.1 Å². The normalized spacial score (nSPS) is 12.0. The molecule has 0 saturated heterocycles. The number of nitro groups is 1. The summed E-state index contributed by atoms with van der Waals surface area (Å²) >= 11 is 0. The van der Waals surface area contributed by atoms with Gasteiger partial charge in [-0.05, 0) is 37.3 Å². The van der Waals surface area contributed by atoms with E-state index in [1.165, 1.54) is 43.3 Å². The molecule has 1 atom stereocenters. The number of nitrogens with two attached hydrogens (primary N) is 1. The minimum atomic E-state index is -3.88. The van der Waals surface area contributed by atoms with Crippen molar-refractivity contribution in [2.24, 2.45) is 5.14 Å². The molecule has 166 valence electrons. The van der Waals surface area contributed by atoms with Gasteiger partial charge in [-0.15, -0.1) is 0 Å². The predicted molar refractivity (Wildman–Crippen MR) is 110 cm³/mol. The monoisotopic (exact) mass is 452 g/mol. The third kappa shape index (κ3) is 6.47. The van der Waals surface area contributed by atoms with E-state index in [0.29, 0.717) is 0 Å². The maximum atomic E-state index is 12.5. The summed E-state index contributed by atoms with van der Waals surface area (Å²) in [6.45, 7) is 1.14. The van der Waals surface area contributed by atoms with Crippen molar-refractivity contribution < 1.29 is 32.8 Å². The molecular formula is C18H20N4O8S. The lowest BCUT2D eigenvalue weighted by Gasteiger charge is -2.15. The number of hydrogen-bond acceptors (Lipinski definition) is 9. The average Bonchev–Trinajstić information content (AvgIpc) is 2.71. The van der Waals surface area contributed by atoms with Gasteiger partial charge in [-0.3, -0.25) is 14.9 Å². The molecule has 0 saturated carbocycles. The van der Waals surface area contributed by atoms with Crippen molar-refractivity contribution in [1.29, 1.82) is 0 Å². The summed E-state index contributed by atoms with van der Waals surface area (Å²) < 4.78 is 27.6. The second kappa shape index (κ2) is 9.97. The molecule has 0 aliphatic carbocycles. The van der Waals surface area contributed by atoms with Crippen molar-refractivity contribution in [2.45, 2.75) is 17.9 Å². The van der Waals surface area contributed by atoms with Crippen molar-refractivity contribution >= 4 is 39.0 Å². The number of hydrogen-bond donors (Lipinski definition) is 4. The number of ether oxygens (including phenoxy) is 1. The van der Waals surface area contributed by atoms with Crippen molar-refractivity contribution in [3.63, 3.8) is 0 Å². The third-order valence-electron chi connectivity index (χ3n) is 3.96. The molecule has 2 rings (SSSR count). The van der Waals surface area contributed by atoms with Gasteiger partial charge in [-0.25, -0.2) is 18.4 Å². The smallest absolute Gasteiger partial charge is 0.341 e. The predicted octanol–water partition coefficient (Wildman–Crippen LogP) is 0.830. The maximum absolute atomic E-state index is 12.5. The standard InChI is InChI=1S/C18H20N4O8S/c1-11(17(24)21-12-2-5-14(6-3-12)31(19,28)29)30-18(25)15-10-13(22(26)27)4-7-16(15)20-8-9-23/h2-7,10-11,20,23H,8-9H2,1H3,(H,21,24)(H2,19,28,29). The van der Waals surface area contributed by atoms with Gasteiger partial charge < -0.3 is 20.5 Å². The first-order chi connectivity index (χ1) is 14.5. The minimum absolute atomic E-state index is 0.0860. The van der Waals surface area contributed by atoms with Crippen LogP contribution in [0.3, 0.4) is 0 Å². The van der Waals surface area contributed by atoms with Gasteiger partial charge in [0.25, 0.3) is 11.6 Å². The Kier molecular flexibility index (Phi) is 7.63. The lowest BCUT2D eigenvalue weighted by atomic mass is 10.1. The summed E-state index contributed by atoms with van der Waals surface area (Å²) in [6.07, 6.45) is -1.28. The van der Waals surface area contributed by atoms with E-state index >= 15 is 0 Å². The van der Waals surface area contributed by atoms with Crippen LogP contribution >= 0.6 is 0 Å². The number of esters is 1. The molecule has 0 fully saturated rings. The van der Waals surface area contributed by atoms with E-state index in [1.54, 1.807) is 0 Å². The molecular weight excluding hydrogens is 432 g/mol. The van der Waals surface area contributed by atoms with E-state index in [0.717, 1.165) is 6.07 Å². The van der Waals surface area contributed by atoms with Crippen LogP contribution in [0.2, 0.25) is 0 Å². The number of nitro benzene ring substituents is 1. The van der Waals surface area contributed by atoms with Crippen LogP contribution in [0, 0.1) is 10.1 Å². The molecule has 2 aromatic carbocycles. The van der Waals surface area contributed by atoms with Crippen LogP contribution in [-0.2, 0) is 19.6 Å². The summed E-state index contributed by atoms with van der Waals surface area (Å²) in [6, 6.07) is 8.49. The zero-order valence-electron chi connectivity index (χ0n) is 16.3. The Morgan fingerprint density at radius 1 is 1.23 bits per heavy atom. The highest BCUT2D eigenvalue weighted by atomic mass is 32.2. The van der Waals surface area contributed by atoms with Crippen LogP contribution in [0.1, 0.15) is 17.3 Å². The molecule has 0 radical (unpaired) electrons. The van der Waals surface area contributed by atoms with E-state index < -0.39 is 32.9 Å². The Morgan fingerprint density at radius 3 is 2.42 bits per heavy atom. The van der Waals surface area contributed by atoms with Crippen LogP contribution in [0.5, 0.6) is 0 Å². The molecule has 0 aliphatic heterocycles. The van der Waals surface area contributed by atoms with Gasteiger partial charge in [0.15, 0.2) is 6.10 Å². The number of rotatable bonds is 9. The SMILES string of the molecule is CC(OC(=O)c1cc([N+](=O)[O-])ccc1NCCO)C(=O)Nc1ccc(S(N)(=O)=O)cc1. The van der Waals surface area contributed by atoms with Crippen LogP contribution in [0.15, 0.2) is 47.4 Å². The van der Waals surface area contributed by atoms with Crippen LogP contribution in [0.25, 0.3) is 0 Å². The Hall–Kier alpha value is -3.55. The summed E-state index contributed by atoms with van der Waals surface area (Å²) in [5.74, 6) is -1.71. The average molecular weight is 452 g/mol. The topological polar surface area (TPSA) is 191 Å². The highest BCUT2D eigenvalue weighted by Crippen LogP contribution is 2.23. The second-order valence-corrected chi connectivity index (χ2v) is 7.80. The highest BCUT2D eigenvalue weighted by molar-refractivity contribution is 7.89. The molecule has 1 amide bonds. The quantitative estimate of drug-likeness (QED) is 0.242. The van der Waals surface area contributed by atoms with E-state index in [1.807, 2.05) is 0 Å². The molecule has 0 aliphatic rings. The van der Waals surface area contributed by atoms with Gasteiger partial charge in [-0.2, -0.15) is 0 Å². The van der Waals surface area contributed by atoms with E-state index in [4.69, 9.17) is 15.0 Å². The van der Waals surface area contributed by atoms with Gasteiger partial charge in [-0.1, -0.05) is 0 Å². The first kappa shape index (κ1) is 23.7. The molecule has 1 unspecified atom stereocenters. The van der Waals surface area contributed by atoms with Gasteiger partial charge in [0.1, 0.15) is 0 Å². The zero-order valence-corrected chi connectivity index (χ0v) is 17.1. The molecule has 31 heavy (non-hydrogen) atoms. The van der Waals surface area contributed by atoms with E-state index in [2.05, 4.69) is 10.6 Å². The van der Waals surface area contributed by atoms with Gasteiger partial charge in [0.05, 0.1) is 22.0 Å². The number of primary sulfonamides is 1. The summed E-state index contributed by atoms with van der Waals surface area (Å²) in [4.78, 5) is 35.0. The molecule has 12 nitrogen and oxygen atoms in total. The number of benzene rings is 2. The first-order valence-electron chi connectivity index (χ1n) is 8.81. The Balaban J connectivity index is 2.12. The fraction of sp³-hybridized carbons (Fsp3) is 0.222. The van der Waals surface area contributed by atoms with E-state index in [-0.39, 0.29) is 40.7 Å². The number of carbonyl (C=O) groups is 2. The summed E-state index contributed by atoms with van der Waals surface area (Å²) in [7, 11) is -3.88. The lowest BCUT2D eigenvalue weighted by Crippen LogP contribution is -2.30. The molecule has 0 spiro atoms. The van der Waals surface area contributed by atoms with Gasteiger partial charge >= 0.3 is 5.97 Å². The Morgan fingerprint density at radius 2 is 1.87 bits per heavy atom. The summed E-state index contributed by atoms with van der Waals surface area (Å²) in [5, 5.41) is 30.1. The summed E-state index contributed by atoms with van der Waals surface area (Å²) in [5.41, 5.74) is -0.106.